The number of aromatic nitrogens is 3. The molecule has 4 aromatic rings. The Bertz CT molecular complexity index is 1150. The Morgan fingerprint density at radius 1 is 1.07 bits per heavy atom. The lowest BCUT2D eigenvalue weighted by atomic mass is 10.0. The molecule has 0 atom stereocenters. The number of benzene rings is 1. The van der Waals surface area contributed by atoms with E-state index < -0.39 is 0 Å². The fraction of sp³-hybridized carbons (Fsp3) is 0.182. The SMILES string of the molecule is Cc1ccc2nc(C)cc(C(=O)N(C)Cc3cc(-c4ccncc4)no3)c2c1. The molecule has 0 N–H and O–H groups in total. The molecule has 3 heterocycles. The Morgan fingerprint density at radius 3 is 2.64 bits per heavy atom. The van der Waals surface area contributed by atoms with Crippen LogP contribution >= 0.6 is 0 Å². The van der Waals surface area contributed by atoms with Gasteiger partial charge in [0.15, 0.2) is 5.76 Å². The van der Waals surface area contributed by atoms with Gasteiger partial charge in [-0.05, 0) is 44.2 Å². The topological polar surface area (TPSA) is 72.1 Å². The molecule has 0 aliphatic rings. The third-order valence-corrected chi connectivity index (χ3v) is 4.60. The Balaban J connectivity index is 1.60. The number of carbonyl (C=O) groups excluding carboxylic acids is 1. The van der Waals surface area contributed by atoms with Crippen LogP contribution in [0.4, 0.5) is 0 Å². The van der Waals surface area contributed by atoms with Gasteiger partial charge in [0.2, 0.25) is 0 Å². The zero-order valence-corrected chi connectivity index (χ0v) is 16.0. The van der Waals surface area contributed by atoms with Gasteiger partial charge in [-0.1, -0.05) is 16.8 Å². The van der Waals surface area contributed by atoms with Gasteiger partial charge < -0.3 is 9.42 Å². The summed E-state index contributed by atoms with van der Waals surface area (Å²) in [7, 11) is 1.76. The first-order valence-corrected chi connectivity index (χ1v) is 9.01. The number of nitrogens with zero attached hydrogens (tertiary/aromatic N) is 4. The lowest BCUT2D eigenvalue weighted by Crippen LogP contribution is -2.26. The lowest BCUT2D eigenvalue weighted by molar-refractivity contribution is 0.0774. The Hall–Kier alpha value is -3.54. The van der Waals surface area contributed by atoms with Crippen LogP contribution in [-0.4, -0.2) is 33.0 Å². The molecule has 6 heteroatoms. The van der Waals surface area contributed by atoms with Gasteiger partial charge >= 0.3 is 0 Å². The van der Waals surface area contributed by atoms with Gasteiger partial charge in [0.1, 0.15) is 5.69 Å². The zero-order valence-electron chi connectivity index (χ0n) is 16.0. The highest BCUT2D eigenvalue weighted by Crippen LogP contribution is 2.23. The van der Waals surface area contributed by atoms with Crippen molar-refractivity contribution in [3.63, 3.8) is 0 Å². The molecular weight excluding hydrogens is 352 g/mol. The summed E-state index contributed by atoms with van der Waals surface area (Å²) in [4.78, 5) is 23.3. The second kappa shape index (κ2) is 7.23. The van der Waals surface area contributed by atoms with Crippen LogP contribution in [0.15, 0.2) is 59.4 Å². The molecule has 28 heavy (non-hydrogen) atoms. The molecule has 0 fully saturated rings. The van der Waals surface area contributed by atoms with Gasteiger partial charge in [-0.3, -0.25) is 14.8 Å². The van der Waals surface area contributed by atoms with E-state index in [9.17, 15) is 4.79 Å². The summed E-state index contributed by atoms with van der Waals surface area (Å²) in [5, 5.41) is 4.96. The van der Waals surface area contributed by atoms with Crippen molar-refractivity contribution in [3.05, 3.63) is 77.4 Å². The largest absolute Gasteiger partial charge is 0.359 e. The first kappa shape index (κ1) is 17.9. The quantitative estimate of drug-likeness (QED) is 0.537. The molecule has 0 bridgehead atoms. The second-order valence-corrected chi connectivity index (χ2v) is 6.91. The normalized spacial score (nSPS) is 11.0. The standard InChI is InChI=1S/C22H20N4O2/c1-14-4-5-20-18(10-14)19(11-15(2)24-20)22(27)26(3)13-17-12-21(25-28-17)16-6-8-23-9-7-16/h4-12H,13H2,1-3H3. The van der Waals surface area contributed by atoms with Gasteiger partial charge in [-0.15, -0.1) is 0 Å². The van der Waals surface area contributed by atoms with Gasteiger partial charge in [-0.25, -0.2) is 0 Å². The minimum atomic E-state index is -0.0806. The molecule has 0 aliphatic heterocycles. The second-order valence-electron chi connectivity index (χ2n) is 6.91. The van der Waals surface area contributed by atoms with Crippen molar-refractivity contribution < 1.29 is 9.32 Å². The zero-order chi connectivity index (χ0) is 19.7. The highest BCUT2D eigenvalue weighted by Gasteiger charge is 2.18. The summed E-state index contributed by atoms with van der Waals surface area (Å²) >= 11 is 0. The van der Waals surface area contributed by atoms with Crippen LogP contribution in [0.5, 0.6) is 0 Å². The molecule has 3 aromatic heterocycles. The van der Waals surface area contributed by atoms with E-state index in [0.717, 1.165) is 33.4 Å². The van der Waals surface area contributed by atoms with E-state index in [-0.39, 0.29) is 5.91 Å². The monoisotopic (exact) mass is 372 g/mol. The van der Waals surface area contributed by atoms with Crippen LogP contribution in [0.25, 0.3) is 22.2 Å². The van der Waals surface area contributed by atoms with Crippen LogP contribution in [0.1, 0.15) is 27.4 Å². The van der Waals surface area contributed by atoms with Crippen LogP contribution in [0.2, 0.25) is 0 Å². The van der Waals surface area contributed by atoms with Crippen molar-refractivity contribution in [1.82, 2.24) is 20.0 Å². The number of fused-ring (bicyclic) bond motifs is 1. The molecule has 0 radical (unpaired) electrons. The molecule has 0 saturated carbocycles. The minimum absolute atomic E-state index is 0.0806. The smallest absolute Gasteiger partial charge is 0.254 e. The molecule has 6 nitrogen and oxygen atoms in total. The third-order valence-electron chi connectivity index (χ3n) is 4.60. The maximum Gasteiger partial charge on any atom is 0.254 e. The highest BCUT2D eigenvalue weighted by molar-refractivity contribution is 6.06. The summed E-state index contributed by atoms with van der Waals surface area (Å²) in [5.41, 5.74) is 5.01. The molecule has 0 saturated heterocycles. The number of hydrogen-bond acceptors (Lipinski definition) is 5. The molecule has 4 rings (SSSR count). The number of pyridine rings is 2. The van der Waals surface area contributed by atoms with Crippen molar-refractivity contribution in [2.75, 3.05) is 7.05 Å². The fourth-order valence-electron chi connectivity index (χ4n) is 3.21. The predicted molar refractivity (Wildman–Crippen MR) is 107 cm³/mol. The average Bonchev–Trinajstić information content (AvgIpc) is 3.16. The Morgan fingerprint density at radius 2 is 1.86 bits per heavy atom. The number of amides is 1. The van der Waals surface area contributed by atoms with E-state index in [2.05, 4.69) is 15.1 Å². The first-order chi connectivity index (χ1) is 13.5. The van der Waals surface area contributed by atoms with Crippen molar-refractivity contribution in [2.45, 2.75) is 20.4 Å². The van der Waals surface area contributed by atoms with Crippen molar-refractivity contribution >= 4 is 16.8 Å². The van der Waals surface area contributed by atoms with Crippen LogP contribution in [0, 0.1) is 13.8 Å². The fourth-order valence-corrected chi connectivity index (χ4v) is 3.21. The van der Waals surface area contributed by atoms with Gasteiger partial charge in [0.05, 0.1) is 17.6 Å². The van der Waals surface area contributed by atoms with Gasteiger partial charge in [0.25, 0.3) is 5.91 Å². The lowest BCUT2D eigenvalue weighted by Gasteiger charge is -2.17. The van der Waals surface area contributed by atoms with Crippen molar-refractivity contribution in [2.24, 2.45) is 0 Å². The van der Waals surface area contributed by atoms with Crippen LogP contribution in [-0.2, 0) is 6.54 Å². The molecule has 0 spiro atoms. The molecular formula is C22H20N4O2. The van der Waals surface area contributed by atoms with Crippen LogP contribution < -0.4 is 0 Å². The highest BCUT2D eigenvalue weighted by atomic mass is 16.5. The number of carbonyl (C=O) groups is 1. The number of aryl methyl sites for hydroxylation is 2. The van der Waals surface area contributed by atoms with Crippen molar-refractivity contribution in [3.8, 4) is 11.3 Å². The molecule has 0 unspecified atom stereocenters. The van der Waals surface area contributed by atoms with E-state index in [1.54, 1.807) is 24.3 Å². The number of hydrogen-bond donors (Lipinski definition) is 0. The van der Waals surface area contributed by atoms with Crippen LogP contribution in [0.3, 0.4) is 0 Å². The Labute approximate surface area is 162 Å². The van der Waals surface area contributed by atoms with E-state index in [1.807, 2.05) is 56.3 Å². The molecule has 1 aromatic carbocycles. The molecule has 140 valence electrons. The van der Waals surface area contributed by atoms with Gasteiger partial charge in [0, 0.05) is 42.2 Å². The van der Waals surface area contributed by atoms with E-state index in [0.29, 0.717) is 17.9 Å². The molecule has 0 aliphatic carbocycles. The summed E-state index contributed by atoms with van der Waals surface area (Å²) < 4.78 is 5.43. The predicted octanol–water partition coefficient (Wildman–Crippen LogP) is 4.17. The van der Waals surface area contributed by atoms with E-state index in [1.165, 1.54) is 0 Å². The summed E-state index contributed by atoms with van der Waals surface area (Å²) in [5.74, 6) is 0.539. The molecule has 1 amide bonds. The average molecular weight is 372 g/mol. The third kappa shape index (κ3) is 3.49. The summed E-state index contributed by atoms with van der Waals surface area (Å²) in [6.45, 7) is 4.23. The van der Waals surface area contributed by atoms with E-state index in [4.69, 9.17) is 4.52 Å². The number of rotatable bonds is 4. The maximum atomic E-state index is 13.1. The summed E-state index contributed by atoms with van der Waals surface area (Å²) in [6, 6.07) is 13.4. The van der Waals surface area contributed by atoms with Crippen molar-refractivity contribution in [1.29, 1.82) is 0 Å². The minimum Gasteiger partial charge on any atom is -0.359 e. The maximum absolute atomic E-state index is 13.1. The van der Waals surface area contributed by atoms with Gasteiger partial charge in [-0.2, -0.15) is 0 Å². The van der Waals surface area contributed by atoms with E-state index >= 15 is 0 Å². The Kier molecular flexibility index (Phi) is 4.61. The summed E-state index contributed by atoms with van der Waals surface area (Å²) in [6.07, 6.45) is 3.41. The first-order valence-electron chi connectivity index (χ1n) is 9.01.